The Balaban J connectivity index is 1.87. The number of aryl methyl sites for hydroxylation is 1. The summed E-state index contributed by atoms with van der Waals surface area (Å²) in [6.45, 7) is 3.15. The van der Waals surface area contributed by atoms with Crippen LogP contribution in [0, 0.1) is 12.8 Å². The van der Waals surface area contributed by atoms with E-state index in [9.17, 15) is 18.0 Å². The van der Waals surface area contributed by atoms with E-state index in [-0.39, 0.29) is 11.5 Å². The van der Waals surface area contributed by atoms with Gasteiger partial charge in [0.1, 0.15) is 5.56 Å². The van der Waals surface area contributed by atoms with E-state index in [2.05, 4.69) is 10.3 Å². The molecule has 1 aliphatic rings. The number of nitrogens with one attached hydrogen (secondary N) is 2. The number of piperidine rings is 1. The molecule has 1 aromatic heterocycles. The van der Waals surface area contributed by atoms with Gasteiger partial charge in [0.25, 0.3) is 11.5 Å². The van der Waals surface area contributed by atoms with Crippen molar-refractivity contribution in [1.82, 2.24) is 14.6 Å². The Hall–Kier alpha value is -1.67. The molecule has 1 saturated heterocycles. The van der Waals surface area contributed by atoms with E-state index in [1.807, 2.05) is 0 Å². The summed E-state index contributed by atoms with van der Waals surface area (Å²) in [7, 11) is -3.13. The number of pyridine rings is 1. The number of aromatic amines is 1. The normalized spacial score (nSPS) is 17.4. The number of carbonyl (C=O) groups excluding carboxylic acids is 1. The lowest BCUT2D eigenvalue weighted by Gasteiger charge is -2.30. The molecule has 8 heteroatoms. The molecule has 0 atom stereocenters. The van der Waals surface area contributed by atoms with Gasteiger partial charge in [0, 0.05) is 25.3 Å². The van der Waals surface area contributed by atoms with Gasteiger partial charge in [-0.3, -0.25) is 9.59 Å². The van der Waals surface area contributed by atoms with Gasteiger partial charge in [0.15, 0.2) is 0 Å². The Labute approximate surface area is 129 Å². The van der Waals surface area contributed by atoms with Crippen molar-refractivity contribution in [3.05, 3.63) is 33.7 Å². The molecule has 0 aromatic carbocycles. The number of H-pyrrole nitrogens is 1. The lowest BCUT2D eigenvalue weighted by molar-refractivity contribution is 0.0940. The predicted octanol–water partition coefficient (Wildman–Crippen LogP) is 0.0847. The number of hydrogen-bond donors (Lipinski definition) is 2. The highest BCUT2D eigenvalue weighted by molar-refractivity contribution is 7.88. The second-order valence-electron chi connectivity index (χ2n) is 5.70. The molecule has 2 heterocycles. The van der Waals surface area contributed by atoms with Crippen LogP contribution in [-0.2, 0) is 10.0 Å². The van der Waals surface area contributed by atoms with Crippen molar-refractivity contribution in [3.63, 3.8) is 0 Å². The van der Waals surface area contributed by atoms with Crippen molar-refractivity contribution in [3.8, 4) is 0 Å². The van der Waals surface area contributed by atoms with Crippen molar-refractivity contribution < 1.29 is 13.2 Å². The van der Waals surface area contributed by atoms with E-state index in [0.717, 1.165) is 0 Å². The molecule has 22 heavy (non-hydrogen) atoms. The van der Waals surface area contributed by atoms with Crippen molar-refractivity contribution in [2.75, 3.05) is 25.9 Å². The van der Waals surface area contributed by atoms with E-state index in [1.54, 1.807) is 13.0 Å². The third kappa shape index (κ3) is 4.17. The first-order valence-corrected chi connectivity index (χ1v) is 9.05. The van der Waals surface area contributed by atoms with Crippen LogP contribution in [0.5, 0.6) is 0 Å². The fraction of sp³-hybridized carbons (Fsp3) is 0.571. The Morgan fingerprint density at radius 1 is 1.36 bits per heavy atom. The van der Waals surface area contributed by atoms with Gasteiger partial charge in [0.2, 0.25) is 10.0 Å². The van der Waals surface area contributed by atoms with Crippen LogP contribution in [0.1, 0.15) is 28.9 Å². The van der Waals surface area contributed by atoms with Gasteiger partial charge in [-0.05, 0) is 37.8 Å². The van der Waals surface area contributed by atoms with Gasteiger partial charge < -0.3 is 10.3 Å². The summed E-state index contributed by atoms with van der Waals surface area (Å²) in [4.78, 5) is 26.3. The number of rotatable bonds is 4. The average molecular weight is 327 g/mol. The Morgan fingerprint density at radius 3 is 2.55 bits per heavy atom. The number of amides is 1. The zero-order chi connectivity index (χ0) is 16.3. The highest BCUT2D eigenvalue weighted by Gasteiger charge is 2.25. The summed E-state index contributed by atoms with van der Waals surface area (Å²) in [6, 6.07) is 3.19. The molecule has 122 valence electrons. The van der Waals surface area contributed by atoms with Gasteiger partial charge in [-0.15, -0.1) is 0 Å². The Kier molecular flexibility index (Phi) is 5.02. The maximum Gasteiger partial charge on any atom is 0.260 e. The highest BCUT2D eigenvalue weighted by atomic mass is 32.2. The number of carbonyl (C=O) groups is 1. The maximum absolute atomic E-state index is 12.0. The van der Waals surface area contributed by atoms with Crippen LogP contribution in [0.15, 0.2) is 16.9 Å². The lowest BCUT2D eigenvalue weighted by Crippen LogP contribution is -2.41. The quantitative estimate of drug-likeness (QED) is 0.818. The fourth-order valence-electron chi connectivity index (χ4n) is 2.53. The molecule has 1 aromatic rings. The first-order valence-electron chi connectivity index (χ1n) is 7.20. The molecular weight excluding hydrogens is 306 g/mol. The van der Waals surface area contributed by atoms with Crippen molar-refractivity contribution in [1.29, 1.82) is 0 Å². The van der Waals surface area contributed by atoms with E-state index in [1.165, 1.54) is 16.6 Å². The molecule has 1 amide bonds. The first kappa shape index (κ1) is 16.7. The molecule has 1 fully saturated rings. The van der Waals surface area contributed by atoms with Crippen LogP contribution in [-0.4, -0.2) is 49.5 Å². The lowest BCUT2D eigenvalue weighted by atomic mass is 9.98. The van der Waals surface area contributed by atoms with Gasteiger partial charge in [-0.25, -0.2) is 12.7 Å². The van der Waals surface area contributed by atoms with Gasteiger partial charge in [0.05, 0.1) is 6.26 Å². The van der Waals surface area contributed by atoms with Crippen LogP contribution in [0.25, 0.3) is 0 Å². The molecule has 0 spiro atoms. The molecule has 1 aliphatic heterocycles. The Morgan fingerprint density at radius 2 is 2.00 bits per heavy atom. The van der Waals surface area contributed by atoms with Crippen molar-refractivity contribution >= 4 is 15.9 Å². The van der Waals surface area contributed by atoms with Crippen LogP contribution >= 0.6 is 0 Å². The second-order valence-corrected chi connectivity index (χ2v) is 7.68. The van der Waals surface area contributed by atoms with Crippen LogP contribution in [0.2, 0.25) is 0 Å². The van der Waals surface area contributed by atoms with Gasteiger partial charge >= 0.3 is 0 Å². The molecular formula is C14H21N3O4S. The summed E-state index contributed by atoms with van der Waals surface area (Å²) < 4.78 is 24.3. The van der Waals surface area contributed by atoms with E-state index < -0.39 is 21.5 Å². The molecule has 7 nitrogen and oxygen atoms in total. The SMILES string of the molecule is Cc1ccc(C(=O)NCC2CCN(S(C)(=O)=O)CC2)c(=O)[nH]1. The summed E-state index contributed by atoms with van der Waals surface area (Å²) >= 11 is 0. The first-order chi connectivity index (χ1) is 10.3. The molecule has 0 aliphatic carbocycles. The predicted molar refractivity (Wildman–Crippen MR) is 83.3 cm³/mol. The van der Waals surface area contributed by atoms with Crippen LogP contribution < -0.4 is 10.9 Å². The summed E-state index contributed by atoms with van der Waals surface area (Å²) in [5, 5.41) is 2.76. The summed E-state index contributed by atoms with van der Waals surface area (Å²) in [5.41, 5.74) is 0.401. The monoisotopic (exact) mass is 327 g/mol. The Bertz CT molecular complexity index is 703. The number of sulfonamides is 1. The zero-order valence-corrected chi connectivity index (χ0v) is 13.6. The second kappa shape index (κ2) is 6.62. The molecule has 2 rings (SSSR count). The molecule has 2 N–H and O–H groups in total. The van der Waals surface area contributed by atoms with Crippen LogP contribution in [0.4, 0.5) is 0 Å². The highest BCUT2D eigenvalue weighted by Crippen LogP contribution is 2.18. The van der Waals surface area contributed by atoms with E-state index in [0.29, 0.717) is 38.2 Å². The summed E-state index contributed by atoms with van der Waals surface area (Å²) in [5.74, 6) is -0.168. The smallest absolute Gasteiger partial charge is 0.260 e. The molecule has 0 bridgehead atoms. The maximum atomic E-state index is 12.0. The van der Waals surface area contributed by atoms with E-state index >= 15 is 0 Å². The number of hydrogen-bond acceptors (Lipinski definition) is 4. The van der Waals surface area contributed by atoms with Crippen molar-refractivity contribution in [2.24, 2.45) is 5.92 Å². The third-order valence-electron chi connectivity index (χ3n) is 3.89. The standard InChI is InChI=1S/C14H21N3O4S/c1-10-3-4-12(14(19)16-10)13(18)15-9-11-5-7-17(8-6-11)22(2,20)21/h3-4,11H,5-9H2,1-2H3,(H,15,18)(H,16,19). The van der Waals surface area contributed by atoms with Gasteiger partial charge in [-0.1, -0.05) is 0 Å². The number of aromatic nitrogens is 1. The summed E-state index contributed by atoms with van der Waals surface area (Å²) in [6.07, 6.45) is 2.62. The average Bonchev–Trinajstić information content (AvgIpc) is 2.44. The molecule has 0 radical (unpaired) electrons. The third-order valence-corrected chi connectivity index (χ3v) is 5.20. The molecule has 0 unspecified atom stereocenters. The topological polar surface area (TPSA) is 99.3 Å². The number of nitrogens with zero attached hydrogens (tertiary/aromatic N) is 1. The van der Waals surface area contributed by atoms with E-state index in [4.69, 9.17) is 0 Å². The largest absolute Gasteiger partial charge is 0.352 e. The minimum absolute atomic E-state index is 0.0965. The van der Waals surface area contributed by atoms with Crippen LogP contribution in [0.3, 0.4) is 0 Å². The zero-order valence-electron chi connectivity index (χ0n) is 12.8. The molecule has 0 saturated carbocycles. The van der Waals surface area contributed by atoms with Gasteiger partial charge in [-0.2, -0.15) is 0 Å². The minimum Gasteiger partial charge on any atom is -0.352 e. The fourth-order valence-corrected chi connectivity index (χ4v) is 3.40. The minimum atomic E-state index is -3.13. The van der Waals surface area contributed by atoms with Crippen molar-refractivity contribution in [2.45, 2.75) is 19.8 Å².